The zero-order valence-corrected chi connectivity index (χ0v) is 14.5. The van der Waals surface area contributed by atoms with Crippen molar-refractivity contribution in [2.45, 2.75) is 31.4 Å². The number of fused-ring (bicyclic) bond motifs is 1. The molecule has 0 spiro atoms. The Labute approximate surface area is 144 Å². The minimum Gasteiger partial charge on any atom is -0.390 e. The van der Waals surface area contributed by atoms with Crippen molar-refractivity contribution in [1.82, 2.24) is 9.44 Å². The van der Waals surface area contributed by atoms with Gasteiger partial charge in [-0.3, -0.25) is 20.1 Å². The second-order valence-corrected chi connectivity index (χ2v) is 7.81. The summed E-state index contributed by atoms with van der Waals surface area (Å²) in [6.45, 7) is 3.60. The number of non-ortho nitro benzene ring substituents is 1. The van der Waals surface area contributed by atoms with Gasteiger partial charge in [0, 0.05) is 24.6 Å². The van der Waals surface area contributed by atoms with Crippen LogP contribution in [0.25, 0.3) is 0 Å². The summed E-state index contributed by atoms with van der Waals surface area (Å²) >= 11 is 0. The molecule has 2 aliphatic rings. The van der Waals surface area contributed by atoms with Crippen LogP contribution in [-0.4, -0.2) is 43.3 Å². The van der Waals surface area contributed by atoms with Gasteiger partial charge in [-0.05, 0) is 11.1 Å². The van der Waals surface area contributed by atoms with Crippen molar-refractivity contribution in [2.75, 3.05) is 7.05 Å². The van der Waals surface area contributed by atoms with Gasteiger partial charge < -0.3 is 5.11 Å². The van der Waals surface area contributed by atoms with Crippen LogP contribution in [0.2, 0.25) is 0 Å². The monoisotopic (exact) mass is 367 g/mol. The number of aliphatic imine (C=N–C) groups is 2. The van der Waals surface area contributed by atoms with E-state index in [4.69, 9.17) is 0 Å². The Morgan fingerprint density at radius 1 is 1.28 bits per heavy atom. The number of benzene rings is 1. The van der Waals surface area contributed by atoms with Crippen LogP contribution in [0.4, 0.5) is 5.69 Å². The SMILES string of the molecule is CN=C1NS(=O)(=O)NC1=N[C@H]1c2cc([N+](=O)[O-])ccc2C(C)(C)[C@@H]1O. The molecule has 10 nitrogen and oxygen atoms in total. The Morgan fingerprint density at radius 3 is 2.52 bits per heavy atom. The van der Waals surface area contributed by atoms with Crippen molar-refractivity contribution < 1.29 is 18.4 Å². The molecule has 0 bridgehead atoms. The molecule has 1 aliphatic heterocycles. The molecule has 0 saturated carbocycles. The first-order chi connectivity index (χ1) is 11.6. The number of hydrogen-bond acceptors (Lipinski definition) is 7. The number of nitro benzene ring substituents is 1. The fourth-order valence-electron chi connectivity index (χ4n) is 3.11. The summed E-state index contributed by atoms with van der Waals surface area (Å²) in [4.78, 5) is 18.7. The maximum Gasteiger partial charge on any atom is 0.324 e. The van der Waals surface area contributed by atoms with Crippen LogP contribution in [0.1, 0.15) is 31.0 Å². The predicted octanol–water partition coefficient (Wildman–Crippen LogP) is 0.152. The topological polar surface area (TPSA) is 146 Å². The third kappa shape index (κ3) is 2.74. The first kappa shape index (κ1) is 17.3. The molecule has 134 valence electrons. The summed E-state index contributed by atoms with van der Waals surface area (Å²) < 4.78 is 27.7. The zero-order chi connectivity index (χ0) is 18.6. The van der Waals surface area contributed by atoms with Crippen LogP contribution in [0.15, 0.2) is 28.2 Å². The smallest absolute Gasteiger partial charge is 0.324 e. The Balaban J connectivity index is 2.14. The summed E-state index contributed by atoms with van der Waals surface area (Å²) in [7, 11) is -2.40. The highest BCUT2D eigenvalue weighted by Crippen LogP contribution is 2.47. The molecule has 2 atom stereocenters. The van der Waals surface area contributed by atoms with Crippen molar-refractivity contribution in [3.63, 3.8) is 0 Å². The molecule has 1 aromatic carbocycles. The molecule has 0 unspecified atom stereocenters. The van der Waals surface area contributed by atoms with Crippen LogP contribution in [0.3, 0.4) is 0 Å². The number of nitro groups is 1. The Hall–Kier alpha value is -2.53. The molecule has 11 heteroatoms. The van der Waals surface area contributed by atoms with Gasteiger partial charge in [-0.2, -0.15) is 8.42 Å². The number of rotatable bonds is 2. The number of nitrogens with one attached hydrogen (secondary N) is 2. The normalized spacial score (nSPS) is 29.3. The van der Waals surface area contributed by atoms with Crippen LogP contribution in [0, 0.1) is 10.1 Å². The van der Waals surface area contributed by atoms with Gasteiger partial charge in [0.25, 0.3) is 5.69 Å². The van der Waals surface area contributed by atoms with E-state index in [1.54, 1.807) is 19.9 Å². The van der Waals surface area contributed by atoms with Crippen molar-refractivity contribution in [3.05, 3.63) is 39.4 Å². The summed E-state index contributed by atoms with van der Waals surface area (Å²) in [5, 5.41) is 21.8. The number of hydrogen-bond donors (Lipinski definition) is 3. The second kappa shape index (κ2) is 5.49. The van der Waals surface area contributed by atoms with Gasteiger partial charge in [0.1, 0.15) is 6.04 Å². The molecule has 1 aromatic rings. The molecule has 1 heterocycles. The number of aliphatic hydroxyl groups excluding tert-OH is 1. The third-order valence-corrected chi connectivity index (χ3v) is 5.40. The van der Waals surface area contributed by atoms with E-state index in [0.717, 1.165) is 5.56 Å². The van der Waals surface area contributed by atoms with E-state index in [1.165, 1.54) is 19.2 Å². The quantitative estimate of drug-likeness (QED) is 0.503. The molecule has 3 rings (SSSR count). The largest absolute Gasteiger partial charge is 0.390 e. The lowest BCUT2D eigenvalue weighted by atomic mass is 9.84. The molecular formula is C14H17N5O5S. The summed E-state index contributed by atoms with van der Waals surface area (Å²) in [5.41, 5.74) is 0.390. The van der Waals surface area contributed by atoms with Crippen molar-refractivity contribution >= 4 is 27.6 Å². The van der Waals surface area contributed by atoms with Gasteiger partial charge in [-0.1, -0.05) is 19.9 Å². The van der Waals surface area contributed by atoms with Gasteiger partial charge in [0.15, 0.2) is 11.7 Å². The van der Waals surface area contributed by atoms with E-state index in [0.29, 0.717) is 5.56 Å². The van der Waals surface area contributed by atoms with E-state index < -0.39 is 32.7 Å². The minimum absolute atomic E-state index is 0.0175. The van der Waals surface area contributed by atoms with Gasteiger partial charge in [0.05, 0.1) is 11.0 Å². The average molecular weight is 367 g/mol. The zero-order valence-electron chi connectivity index (χ0n) is 13.7. The van der Waals surface area contributed by atoms with Gasteiger partial charge >= 0.3 is 10.2 Å². The van der Waals surface area contributed by atoms with Gasteiger partial charge in [-0.15, -0.1) is 0 Å². The Bertz CT molecular complexity index is 922. The lowest BCUT2D eigenvalue weighted by molar-refractivity contribution is -0.384. The standard InChI is InChI=1S/C14H17N5O5S/c1-14(2)9-5-4-7(19(21)22)6-8(9)10(11(14)20)16-13-12(15-3)17-25(23,24)18-13/h4-6,10-11,20H,1-3H3,(H,15,17)(H,16,18)/t10-,11+/m0/s1. The van der Waals surface area contributed by atoms with Crippen molar-refractivity contribution in [3.8, 4) is 0 Å². The molecular weight excluding hydrogens is 350 g/mol. The highest BCUT2D eigenvalue weighted by molar-refractivity contribution is 7.89. The average Bonchev–Trinajstić information content (AvgIpc) is 2.93. The summed E-state index contributed by atoms with van der Waals surface area (Å²) in [6, 6.07) is 3.48. The highest BCUT2D eigenvalue weighted by Gasteiger charge is 2.47. The lowest BCUT2D eigenvalue weighted by Crippen LogP contribution is -2.32. The predicted molar refractivity (Wildman–Crippen MR) is 90.9 cm³/mol. The summed E-state index contributed by atoms with van der Waals surface area (Å²) in [6.07, 6.45) is -0.986. The maximum absolute atomic E-state index is 11.6. The summed E-state index contributed by atoms with van der Waals surface area (Å²) in [5.74, 6) is -0.0226. The van der Waals surface area contributed by atoms with Crippen LogP contribution in [-0.2, 0) is 15.6 Å². The van der Waals surface area contributed by atoms with Crippen LogP contribution in [0.5, 0.6) is 0 Å². The van der Waals surface area contributed by atoms with Crippen molar-refractivity contribution in [2.24, 2.45) is 9.98 Å². The molecule has 0 aromatic heterocycles. The fourth-order valence-corrected chi connectivity index (χ4v) is 4.01. The van der Waals surface area contributed by atoms with Crippen LogP contribution < -0.4 is 9.44 Å². The molecule has 1 aliphatic carbocycles. The second-order valence-electron chi connectivity index (χ2n) is 6.40. The fraction of sp³-hybridized carbons (Fsp3) is 0.429. The molecule has 0 amide bonds. The third-order valence-electron chi connectivity index (χ3n) is 4.48. The molecule has 1 fully saturated rings. The number of aliphatic hydroxyl groups is 1. The first-order valence-corrected chi connectivity index (χ1v) is 8.87. The van der Waals surface area contributed by atoms with E-state index in [9.17, 15) is 23.6 Å². The Morgan fingerprint density at radius 2 is 1.92 bits per heavy atom. The number of amidine groups is 2. The lowest BCUT2D eigenvalue weighted by Gasteiger charge is -2.25. The van der Waals surface area contributed by atoms with E-state index in [-0.39, 0.29) is 17.4 Å². The van der Waals surface area contributed by atoms with E-state index in [2.05, 4.69) is 19.4 Å². The molecule has 0 radical (unpaired) electrons. The molecule has 1 saturated heterocycles. The van der Waals surface area contributed by atoms with E-state index in [1.807, 2.05) is 0 Å². The molecule has 25 heavy (non-hydrogen) atoms. The maximum atomic E-state index is 11.6. The Kier molecular flexibility index (Phi) is 3.80. The molecule has 3 N–H and O–H groups in total. The highest BCUT2D eigenvalue weighted by atomic mass is 32.2. The van der Waals surface area contributed by atoms with Crippen molar-refractivity contribution in [1.29, 1.82) is 0 Å². The van der Waals surface area contributed by atoms with Gasteiger partial charge in [0.2, 0.25) is 0 Å². The van der Waals surface area contributed by atoms with Crippen LogP contribution >= 0.6 is 0 Å². The number of nitrogens with zero attached hydrogens (tertiary/aromatic N) is 3. The van der Waals surface area contributed by atoms with E-state index >= 15 is 0 Å². The first-order valence-electron chi connectivity index (χ1n) is 7.39. The minimum atomic E-state index is -3.80. The van der Waals surface area contributed by atoms with Gasteiger partial charge in [-0.25, -0.2) is 9.44 Å².